The van der Waals surface area contributed by atoms with Crippen LogP contribution in [0.15, 0.2) is 18.2 Å². The Labute approximate surface area is 108 Å². The molecule has 0 aliphatic carbocycles. The Hall–Kier alpha value is -1.27. The van der Waals surface area contributed by atoms with Crippen molar-refractivity contribution in [2.24, 2.45) is 0 Å². The topological polar surface area (TPSA) is 75.6 Å². The monoisotopic (exact) mass is 273 g/mol. The molecule has 0 fully saturated rings. The fraction of sp³-hybridized carbons (Fsp3) is 0.500. The van der Waals surface area contributed by atoms with Crippen LogP contribution in [-0.2, 0) is 16.6 Å². The highest BCUT2D eigenvalue weighted by Crippen LogP contribution is 2.24. The molecule has 1 aromatic rings. The molecule has 0 unspecified atom stereocenters. The van der Waals surface area contributed by atoms with Crippen LogP contribution in [-0.4, -0.2) is 25.4 Å². The van der Waals surface area contributed by atoms with Crippen molar-refractivity contribution >= 4 is 15.7 Å². The quantitative estimate of drug-likeness (QED) is 0.827. The molecule has 0 aliphatic heterocycles. The maximum atomic E-state index is 11.7. The summed E-state index contributed by atoms with van der Waals surface area (Å²) in [6, 6.07) is 4.84. The lowest BCUT2D eigenvalue weighted by Crippen LogP contribution is -2.22. The van der Waals surface area contributed by atoms with Crippen LogP contribution in [0.5, 0.6) is 5.75 Å². The van der Waals surface area contributed by atoms with Crippen LogP contribution in [0.3, 0.4) is 0 Å². The fourth-order valence-corrected chi connectivity index (χ4v) is 2.04. The van der Waals surface area contributed by atoms with Gasteiger partial charge in [0.1, 0.15) is 5.75 Å². The number of benzene rings is 1. The van der Waals surface area contributed by atoms with Gasteiger partial charge in [-0.1, -0.05) is 0 Å². The molecule has 0 amide bonds. The number of hydrogen-bond acceptors (Lipinski definition) is 4. The predicted molar refractivity (Wildman–Crippen MR) is 71.2 cm³/mol. The van der Waals surface area contributed by atoms with Crippen molar-refractivity contribution in [3.8, 4) is 5.75 Å². The third-order valence-corrected chi connectivity index (χ3v) is 4.17. The van der Waals surface area contributed by atoms with Gasteiger partial charge >= 0.3 is 0 Å². The molecular formula is C12H19NO4S. The first-order chi connectivity index (χ1) is 8.40. The SMILES string of the molecule is CCOc1ccc(NS(=O)(=O)C(C)C)cc1CO. The molecule has 102 valence electrons. The lowest BCUT2D eigenvalue weighted by atomic mass is 10.2. The minimum absolute atomic E-state index is 0.202. The molecule has 1 aromatic carbocycles. The van der Waals surface area contributed by atoms with Gasteiger partial charge in [-0.3, -0.25) is 4.72 Å². The van der Waals surface area contributed by atoms with E-state index in [-0.39, 0.29) is 6.61 Å². The van der Waals surface area contributed by atoms with E-state index < -0.39 is 15.3 Å². The number of hydrogen-bond donors (Lipinski definition) is 2. The highest BCUT2D eigenvalue weighted by molar-refractivity contribution is 7.93. The first-order valence-electron chi connectivity index (χ1n) is 5.79. The number of anilines is 1. The van der Waals surface area contributed by atoms with Gasteiger partial charge in [0.25, 0.3) is 0 Å². The molecule has 5 nitrogen and oxygen atoms in total. The average Bonchev–Trinajstić information content (AvgIpc) is 2.30. The van der Waals surface area contributed by atoms with Gasteiger partial charge in [0.15, 0.2) is 0 Å². The molecule has 0 saturated heterocycles. The molecule has 0 radical (unpaired) electrons. The molecule has 0 bridgehead atoms. The van der Waals surface area contributed by atoms with Crippen molar-refractivity contribution in [3.05, 3.63) is 23.8 Å². The fourth-order valence-electron chi connectivity index (χ4n) is 1.34. The van der Waals surface area contributed by atoms with Gasteiger partial charge in [-0.05, 0) is 39.0 Å². The van der Waals surface area contributed by atoms with Crippen LogP contribution in [0.2, 0.25) is 0 Å². The van der Waals surface area contributed by atoms with E-state index in [1.807, 2.05) is 6.92 Å². The minimum Gasteiger partial charge on any atom is -0.494 e. The zero-order valence-electron chi connectivity index (χ0n) is 10.8. The van der Waals surface area contributed by atoms with Gasteiger partial charge in [0.05, 0.1) is 18.5 Å². The first-order valence-corrected chi connectivity index (χ1v) is 7.33. The Morgan fingerprint density at radius 1 is 1.39 bits per heavy atom. The standard InChI is InChI=1S/C12H19NO4S/c1-4-17-12-6-5-11(7-10(12)8-14)13-18(15,16)9(2)3/h5-7,9,13-14H,4,8H2,1-3H3. The van der Waals surface area contributed by atoms with Crippen LogP contribution in [0.1, 0.15) is 26.3 Å². The van der Waals surface area contributed by atoms with Crippen LogP contribution in [0.25, 0.3) is 0 Å². The van der Waals surface area contributed by atoms with Crippen LogP contribution in [0.4, 0.5) is 5.69 Å². The van der Waals surface area contributed by atoms with Crippen LogP contribution in [0, 0.1) is 0 Å². The third-order valence-electron chi connectivity index (χ3n) is 2.41. The molecule has 0 saturated carbocycles. The molecule has 0 spiro atoms. The summed E-state index contributed by atoms with van der Waals surface area (Å²) < 4.78 is 31.2. The minimum atomic E-state index is -3.37. The van der Waals surface area contributed by atoms with Gasteiger partial charge in [-0.25, -0.2) is 8.42 Å². The molecule has 6 heteroatoms. The van der Waals surface area contributed by atoms with Gasteiger partial charge in [0, 0.05) is 11.3 Å². The molecule has 0 atom stereocenters. The zero-order chi connectivity index (χ0) is 13.8. The summed E-state index contributed by atoms with van der Waals surface area (Å²) in [6.45, 7) is 5.33. The molecule has 0 heterocycles. The maximum absolute atomic E-state index is 11.7. The highest BCUT2D eigenvalue weighted by Gasteiger charge is 2.16. The summed E-state index contributed by atoms with van der Waals surface area (Å²) in [5, 5.41) is 8.71. The second-order valence-corrected chi connectivity index (χ2v) is 6.35. The van der Waals surface area contributed by atoms with Gasteiger partial charge < -0.3 is 9.84 Å². The van der Waals surface area contributed by atoms with Gasteiger partial charge in [0.2, 0.25) is 10.0 Å². The van der Waals surface area contributed by atoms with Crippen molar-refractivity contribution in [2.45, 2.75) is 32.6 Å². The largest absolute Gasteiger partial charge is 0.494 e. The summed E-state index contributed by atoms with van der Waals surface area (Å²) >= 11 is 0. The van der Waals surface area contributed by atoms with E-state index in [9.17, 15) is 13.5 Å². The number of ether oxygens (including phenoxy) is 1. The van der Waals surface area contributed by atoms with Gasteiger partial charge in [-0.15, -0.1) is 0 Å². The summed E-state index contributed by atoms with van der Waals surface area (Å²) in [7, 11) is -3.37. The normalized spacial score (nSPS) is 11.6. The number of rotatable bonds is 6. The van der Waals surface area contributed by atoms with E-state index in [1.54, 1.807) is 32.0 Å². The molecule has 2 N–H and O–H groups in total. The number of nitrogens with one attached hydrogen (secondary N) is 1. The molecule has 1 rings (SSSR count). The Morgan fingerprint density at radius 2 is 2.06 bits per heavy atom. The highest BCUT2D eigenvalue weighted by atomic mass is 32.2. The van der Waals surface area contributed by atoms with E-state index in [0.29, 0.717) is 23.6 Å². The molecule has 0 aromatic heterocycles. The van der Waals surface area contributed by atoms with Crippen molar-refractivity contribution in [1.82, 2.24) is 0 Å². The first kappa shape index (κ1) is 14.8. The Morgan fingerprint density at radius 3 is 2.56 bits per heavy atom. The Kier molecular flexibility index (Phi) is 4.98. The van der Waals surface area contributed by atoms with Crippen molar-refractivity contribution in [3.63, 3.8) is 0 Å². The van der Waals surface area contributed by atoms with Crippen LogP contribution < -0.4 is 9.46 Å². The third kappa shape index (κ3) is 3.61. The summed E-state index contributed by atoms with van der Waals surface area (Å²) in [6.07, 6.45) is 0. The molecule has 18 heavy (non-hydrogen) atoms. The lowest BCUT2D eigenvalue weighted by Gasteiger charge is -2.13. The van der Waals surface area contributed by atoms with E-state index >= 15 is 0 Å². The van der Waals surface area contributed by atoms with E-state index in [2.05, 4.69) is 4.72 Å². The van der Waals surface area contributed by atoms with Crippen molar-refractivity contribution in [1.29, 1.82) is 0 Å². The summed E-state index contributed by atoms with van der Waals surface area (Å²) in [5.41, 5.74) is 0.983. The number of sulfonamides is 1. The van der Waals surface area contributed by atoms with Crippen molar-refractivity contribution < 1.29 is 18.3 Å². The second-order valence-electron chi connectivity index (χ2n) is 4.11. The smallest absolute Gasteiger partial charge is 0.235 e. The van der Waals surface area contributed by atoms with E-state index in [1.165, 1.54) is 0 Å². The van der Waals surface area contributed by atoms with Gasteiger partial charge in [-0.2, -0.15) is 0 Å². The number of aliphatic hydroxyl groups is 1. The van der Waals surface area contributed by atoms with E-state index in [4.69, 9.17) is 4.74 Å². The molecule has 0 aliphatic rings. The zero-order valence-corrected chi connectivity index (χ0v) is 11.6. The van der Waals surface area contributed by atoms with Crippen LogP contribution >= 0.6 is 0 Å². The average molecular weight is 273 g/mol. The lowest BCUT2D eigenvalue weighted by molar-refractivity contribution is 0.267. The maximum Gasteiger partial charge on any atom is 0.235 e. The number of aliphatic hydroxyl groups excluding tert-OH is 1. The Balaban J connectivity index is 2.99. The molecular weight excluding hydrogens is 254 g/mol. The Bertz CT molecular complexity index is 497. The van der Waals surface area contributed by atoms with Crippen molar-refractivity contribution in [2.75, 3.05) is 11.3 Å². The summed E-state index contributed by atoms with van der Waals surface area (Å²) in [5.74, 6) is 0.562. The second kappa shape index (κ2) is 6.06. The predicted octanol–water partition coefficient (Wildman–Crippen LogP) is 1.73. The summed E-state index contributed by atoms with van der Waals surface area (Å²) in [4.78, 5) is 0. The van der Waals surface area contributed by atoms with E-state index in [0.717, 1.165) is 0 Å².